The first-order valence-electron chi connectivity index (χ1n) is 8.58. The molecule has 1 N–H and O–H groups in total. The zero-order valence-electron chi connectivity index (χ0n) is 15.5. The summed E-state index contributed by atoms with van der Waals surface area (Å²) in [5, 5.41) is 2.88. The fraction of sp³-hybridized carbons (Fsp3) is 0.250. The maximum atomic E-state index is 12.9. The maximum absolute atomic E-state index is 12.9. The molecule has 27 heavy (non-hydrogen) atoms. The van der Waals surface area contributed by atoms with Gasteiger partial charge in [-0.15, -0.1) is 0 Å². The fourth-order valence-corrected chi connectivity index (χ4v) is 2.90. The number of carbonyl (C=O) groups is 2. The van der Waals surface area contributed by atoms with Crippen LogP contribution >= 0.6 is 0 Å². The van der Waals surface area contributed by atoms with Crippen LogP contribution in [0.2, 0.25) is 0 Å². The number of carbonyl (C=O) groups excluding carboxylic acids is 2. The Morgan fingerprint density at radius 1 is 1.19 bits per heavy atom. The van der Waals surface area contributed by atoms with Crippen molar-refractivity contribution < 1.29 is 19.1 Å². The SMILES string of the molecule is CCc1nc2ccccn2c1C(=O)Nc1ccc(CC(=O)OC)cc1OC. The van der Waals surface area contributed by atoms with E-state index in [4.69, 9.17) is 4.74 Å². The maximum Gasteiger partial charge on any atom is 0.309 e. The smallest absolute Gasteiger partial charge is 0.309 e. The van der Waals surface area contributed by atoms with E-state index < -0.39 is 0 Å². The van der Waals surface area contributed by atoms with Gasteiger partial charge in [-0.1, -0.05) is 19.1 Å². The molecule has 0 aliphatic heterocycles. The summed E-state index contributed by atoms with van der Waals surface area (Å²) in [4.78, 5) is 28.9. The molecule has 0 unspecified atom stereocenters. The lowest BCUT2D eigenvalue weighted by Crippen LogP contribution is -2.17. The van der Waals surface area contributed by atoms with E-state index in [1.54, 1.807) is 22.6 Å². The van der Waals surface area contributed by atoms with Gasteiger partial charge in [-0.25, -0.2) is 4.98 Å². The Balaban J connectivity index is 1.91. The Morgan fingerprint density at radius 2 is 2.00 bits per heavy atom. The van der Waals surface area contributed by atoms with Crippen LogP contribution in [0.15, 0.2) is 42.6 Å². The molecule has 0 radical (unpaired) electrons. The summed E-state index contributed by atoms with van der Waals surface area (Å²) in [6.45, 7) is 1.96. The molecule has 0 bridgehead atoms. The third kappa shape index (κ3) is 3.76. The normalized spacial score (nSPS) is 10.6. The first-order chi connectivity index (χ1) is 13.1. The number of methoxy groups -OCH3 is 2. The molecule has 0 fully saturated rings. The quantitative estimate of drug-likeness (QED) is 0.678. The standard InChI is InChI=1S/C20H21N3O4/c1-4-14-19(23-10-6-5-7-17(23)21-14)20(25)22-15-9-8-13(11-16(15)26-2)12-18(24)27-3/h5-11H,4,12H2,1-3H3,(H,22,25). The number of ether oxygens (including phenoxy) is 2. The van der Waals surface area contributed by atoms with E-state index in [1.165, 1.54) is 14.2 Å². The highest BCUT2D eigenvalue weighted by atomic mass is 16.5. The predicted octanol–water partition coefficient (Wildman–Crippen LogP) is 2.87. The number of benzene rings is 1. The van der Waals surface area contributed by atoms with Gasteiger partial charge in [0.15, 0.2) is 0 Å². The van der Waals surface area contributed by atoms with Gasteiger partial charge >= 0.3 is 5.97 Å². The number of hydrogen-bond acceptors (Lipinski definition) is 5. The van der Waals surface area contributed by atoms with E-state index in [1.807, 2.05) is 31.3 Å². The topological polar surface area (TPSA) is 81.9 Å². The van der Waals surface area contributed by atoms with E-state index in [0.717, 1.165) is 16.9 Å². The minimum atomic E-state index is -0.341. The van der Waals surface area contributed by atoms with Crippen LogP contribution in [0.4, 0.5) is 5.69 Å². The summed E-state index contributed by atoms with van der Waals surface area (Å²) < 4.78 is 11.8. The molecule has 140 valence electrons. The fourth-order valence-electron chi connectivity index (χ4n) is 2.90. The molecule has 0 spiro atoms. The minimum absolute atomic E-state index is 0.133. The number of amides is 1. The molecule has 0 aliphatic carbocycles. The summed E-state index contributed by atoms with van der Waals surface area (Å²) in [6, 6.07) is 10.8. The molecule has 1 amide bonds. The monoisotopic (exact) mass is 367 g/mol. The number of pyridine rings is 1. The molecule has 0 aliphatic rings. The number of anilines is 1. The molecule has 3 rings (SSSR count). The third-order valence-corrected chi connectivity index (χ3v) is 4.24. The number of hydrogen-bond donors (Lipinski definition) is 1. The molecule has 0 atom stereocenters. The molecule has 7 heteroatoms. The van der Waals surface area contributed by atoms with Crippen LogP contribution in [-0.2, 0) is 22.4 Å². The predicted molar refractivity (Wildman–Crippen MR) is 101 cm³/mol. The van der Waals surface area contributed by atoms with Crippen molar-refractivity contribution in [2.75, 3.05) is 19.5 Å². The van der Waals surface area contributed by atoms with Crippen LogP contribution in [0, 0.1) is 0 Å². The van der Waals surface area contributed by atoms with E-state index in [0.29, 0.717) is 23.6 Å². The van der Waals surface area contributed by atoms with Crippen LogP contribution < -0.4 is 10.1 Å². The Hall–Kier alpha value is -3.35. The number of fused-ring (bicyclic) bond motifs is 1. The number of nitrogens with zero attached hydrogens (tertiary/aromatic N) is 2. The zero-order chi connectivity index (χ0) is 19.4. The van der Waals surface area contributed by atoms with Crippen molar-refractivity contribution in [3.63, 3.8) is 0 Å². The number of esters is 1. The van der Waals surface area contributed by atoms with Crippen molar-refractivity contribution >= 4 is 23.2 Å². The van der Waals surface area contributed by atoms with Gasteiger partial charge in [-0.3, -0.25) is 14.0 Å². The van der Waals surface area contributed by atoms with Gasteiger partial charge in [-0.2, -0.15) is 0 Å². The summed E-state index contributed by atoms with van der Waals surface area (Å²) in [5.74, 6) is -0.145. The molecule has 0 saturated heterocycles. The lowest BCUT2D eigenvalue weighted by atomic mass is 10.1. The molecule has 1 aromatic carbocycles. The average molecular weight is 367 g/mol. The van der Waals surface area contributed by atoms with Crippen molar-refractivity contribution in [2.24, 2.45) is 0 Å². The second kappa shape index (κ2) is 7.90. The molecule has 2 aromatic heterocycles. The van der Waals surface area contributed by atoms with E-state index >= 15 is 0 Å². The number of aromatic nitrogens is 2. The summed E-state index contributed by atoms with van der Waals surface area (Å²) in [6.07, 6.45) is 2.58. The highest BCUT2D eigenvalue weighted by molar-refractivity contribution is 6.05. The second-order valence-corrected chi connectivity index (χ2v) is 5.93. The van der Waals surface area contributed by atoms with Gasteiger partial charge in [0.05, 0.1) is 32.0 Å². The van der Waals surface area contributed by atoms with Gasteiger partial charge in [0.1, 0.15) is 17.1 Å². The van der Waals surface area contributed by atoms with Gasteiger partial charge in [-0.05, 0) is 36.2 Å². The van der Waals surface area contributed by atoms with Gasteiger partial charge < -0.3 is 14.8 Å². The minimum Gasteiger partial charge on any atom is -0.495 e. The average Bonchev–Trinajstić information content (AvgIpc) is 3.07. The van der Waals surface area contributed by atoms with Crippen molar-refractivity contribution in [3.8, 4) is 5.75 Å². The molecule has 2 heterocycles. The number of rotatable bonds is 6. The van der Waals surface area contributed by atoms with Crippen molar-refractivity contribution in [2.45, 2.75) is 19.8 Å². The van der Waals surface area contributed by atoms with E-state index in [-0.39, 0.29) is 18.3 Å². The molecule has 3 aromatic rings. The zero-order valence-corrected chi connectivity index (χ0v) is 15.5. The van der Waals surface area contributed by atoms with E-state index in [9.17, 15) is 9.59 Å². The van der Waals surface area contributed by atoms with Crippen LogP contribution in [0.1, 0.15) is 28.7 Å². The Labute approximate surface area is 156 Å². The van der Waals surface area contributed by atoms with Crippen molar-refractivity contribution in [1.82, 2.24) is 9.38 Å². The first kappa shape index (κ1) is 18.4. The second-order valence-electron chi connectivity index (χ2n) is 5.93. The number of imidazole rings is 1. The molecular weight excluding hydrogens is 346 g/mol. The Morgan fingerprint density at radius 3 is 2.70 bits per heavy atom. The lowest BCUT2D eigenvalue weighted by Gasteiger charge is -2.12. The Bertz CT molecular complexity index is 994. The van der Waals surface area contributed by atoms with Crippen LogP contribution in [0.5, 0.6) is 5.75 Å². The van der Waals surface area contributed by atoms with E-state index in [2.05, 4.69) is 15.0 Å². The summed E-state index contributed by atoms with van der Waals surface area (Å²) in [5.41, 5.74) is 3.19. The summed E-state index contributed by atoms with van der Waals surface area (Å²) in [7, 11) is 2.86. The summed E-state index contributed by atoms with van der Waals surface area (Å²) >= 11 is 0. The van der Waals surface area contributed by atoms with Crippen molar-refractivity contribution in [3.05, 3.63) is 59.5 Å². The first-order valence-corrected chi connectivity index (χ1v) is 8.58. The number of aryl methyl sites for hydroxylation is 1. The van der Waals surface area contributed by atoms with Crippen LogP contribution in [-0.4, -0.2) is 35.5 Å². The van der Waals surface area contributed by atoms with Crippen LogP contribution in [0.25, 0.3) is 5.65 Å². The van der Waals surface area contributed by atoms with Gasteiger partial charge in [0.25, 0.3) is 5.91 Å². The largest absolute Gasteiger partial charge is 0.495 e. The van der Waals surface area contributed by atoms with Gasteiger partial charge in [0.2, 0.25) is 0 Å². The third-order valence-electron chi connectivity index (χ3n) is 4.24. The van der Waals surface area contributed by atoms with Crippen molar-refractivity contribution in [1.29, 1.82) is 0 Å². The lowest BCUT2D eigenvalue weighted by molar-refractivity contribution is -0.139. The molecular formula is C20H21N3O4. The van der Waals surface area contributed by atoms with Gasteiger partial charge in [0, 0.05) is 6.20 Å². The molecule has 0 saturated carbocycles. The highest BCUT2D eigenvalue weighted by Gasteiger charge is 2.19. The van der Waals surface area contributed by atoms with Crippen LogP contribution in [0.3, 0.4) is 0 Å². The Kier molecular flexibility index (Phi) is 5.40. The number of nitrogens with one attached hydrogen (secondary N) is 1. The molecule has 7 nitrogen and oxygen atoms in total. The highest BCUT2D eigenvalue weighted by Crippen LogP contribution is 2.27.